The van der Waals surface area contributed by atoms with Crippen LogP contribution >= 0.6 is 0 Å². The number of rotatable bonds is 5. The van der Waals surface area contributed by atoms with Gasteiger partial charge in [-0.2, -0.15) is 0 Å². The highest BCUT2D eigenvalue weighted by molar-refractivity contribution is 5.99. The van der Waals surface area contributed by atoms with Gasteiger partial charge in [0.05, 0.1) is 0 Å². The van der Waals surface area contributed by atoms with Crippen LogP contribution in [0.4, 0.5) is 5.69 Å². The fraction of sp³-hybridized carbons (Fsp3) is 0.0714. The van der Waals surface area contributed by atoms with Crippen molar-refractivity contribution in [3.63, 3.8) is 0 Å². The number of nitrogens with zero attached hydrogens (tertiary/aromatic N) is 1. The first kappa shape index (κ1) is 13.5. The summed E-state index contributed by atoms with van der Waals surface area (Å²) in [7, 11) is 0. The quantitative estimate of drug-likeness (QED) is 0.749. The van der Waals surface area contributed by atoms with Gasteiger partial charge in [0, 0.05) is 35.8 Å². The third-order valence-electron chi connectivity index (χ3n) is 2.72. The van der Waals surface area contributed by atoms with Gasteiger partial charge < -0.3 is 16.8 Å². The summed E-state index contributed by atoms with van der Waals surface area (Å²) in [5.74, 6) is -1.23. The summed E-state index contributed by atoms with van der Waals surface area (Å²) < 4.78 is 0. The number of benzene rings is 1. The number of carbonyl (C=O) groups excluding carboxylic acids is 2. The molecule has 2 rings (SSSR count). The van der Waals surface area contributed by atoms with Crippen molar-refractivity contribution in [3.05, 3.63) is 59.4 Å². The highest BCUT2D eigenvalue weighted by Crippen LogP contribution is 2.15. The molecule has 1 aromatic carbocycles. The summed E-state index contributed by atoms with van der Waals surface area (Å²) in [6.45, 7) is 0.508. The molecule has 0 fully saturated rings. The van der Waals surface area contributed by atoms with Gasteiger partial charge in [0.15, 0.2) is 0 Å². The standard InChI is InChI=1S/C14H14N4O2/c15-13(19)10-4-11(14(16)20)6-12(5-10)18-8-9-2-1-3-17-7-9/h1-7,18H,8H2,(H2,15,19)(H2,16,20). The van der Waals surface area contributed by atoms with E-state index < -0.39 is 11.8 Å². The molecule has 1 heterocycles. The van der Waals surface area contributed by atoms with Crippen LogP contribution < -0.4 is 16.8 Å². The van der Waals surface area contributed by atoms with Crippen molar-refractivity contribution in [1.82, 2.24) is 4.98 Å². The molecule has 0 spiro atoms. The van der Waals surface area contributed by atoms with E-state index in [1.807, 2.05) is 12.1 Å². The molecule has 0 saturated carbocycles. The predicted molar refractivity (Wildman–Crippen MR) is 75.0 cm³/mol. The maximum Gasteiger partial charge on any atom is 0.248 e. The summed E-state index contributed by atoms with van der Waals surface area (Å²) in [6.07, 6.45) is 3.41. The molecule has 6 nitrogen and oxygen atoms in total. The molecular formula is C14H14N4O2. The average molecular weight is 270 g/mol. The Labute approximate surface area is 115 Å². The first-order valence-corrected chi connectivity index (χ1v) is 5.94. The Kier molecular flexibility index (Phi) is 3.95. The second kappa shape index (κ2) is 5.83. The Hall–Kier alpha value is -2.89. The van der Waals surface area contributed by atoms with Gasteiger partial charge in [-0.05, 0) is 29.8 Å². The lowest BCUT2D eigenvalue weighted by Gasteiger charge is -2.09. The maximum absolute atomic E-state index is 11.2. The Morgan fingerprint density at radius 2 is 1.75 bits per heavy atom. The van der Waals surface area contributed by atoms with E-state index in [1.54, 1.807) is 24.5 Å². The van der Waals surface area contributed by atoms with Crippen LogP contribution in [0.15, 0.2) is 42.7 Å². The number of nitrogens with one attached hydrogen (secondary N) is 1. The topological polar surface area (TPSA) is 111 Å². The van der Waals surface area contributed by atoms with Crippen molar-refractivity contribution < 1.29 is 9.59 Å². The molecule has 0 saturated heterocycles. The fourth-order valence-electron chi connectivity index (χ4n) is 1.72. The lowest BCUT2D eigenvalue weighted by atomic mass is 10.1. The van der Waals surface area contributed by atoms with E-state index in [-0.39, 0.29) is 11.1 Å². The van der Waals surface area contributed by atoms with Crippen molar-refractivity contribution in [2.75, 3.05) is 5.32 Å². The van der Waals surface area contributed by atoms with Crippen molar-refractivity contribution in [3.8, 4) is 0 Å². The molecule has 0 aliphatic carbocycles. The first-order chi connectivity index (χ1) is 9.56. The maximum atomic E-state index is 11.2. The lowest BCUT2D eigenvalue weighted by molar-refractivity contribution is 0.0999. The molecule has 0 atom stereocenters. The second-order valence-electron chi connectivity index (χ2n) is 4.24. The Morgan fingerprint density at radius 3 is 2.25 bits per heavy atom. The van der Waals surface area contributed by atoms with Gasteiger partial charge >= 0.3 is 0 Å². The van der Waals surface area contributed by atoms with Gasteiger partial charge in [-0.3, -0.25) is 14.6 Å². The largest absolute Gasteiger partial charge is 0.381 e. The smallest absolute Gasteiger partial charge is 0.248 e. The van der Waals surface area contributed by atoms with Gasteiger partial charge in [-0.25, -0.2) is 0 Å². The van der Waals surface area contributed by atoms with Crippen molar-refractivity contribution >= 4 is 17.5 Å². The van der Waals surface area contributed by atoms with E-state index in [0.29, 0.717) is 12.2 Å². The number of hydrogen-bond donors (Lipinski definition) is 3. The number of nitrogens with two attached hydrogens (primary N) is 2. The zero-order valence-electron chi connectivity index (χ0n) is 10.7. The molecular weight excluding hydrogens is 256 g/mol. The minimum atomic E-state index is -0.613. The van der Waals surface area contributed by atoms with Crippen LogP contribution in [0.3, 0.4) is 0 Å². The Morgan fingerprint density at radius 1 is 1.10 bits per heavy atom. The normalized spacial score (nSPS) is 10.0. The minimum Gasteiger partial charge on any atom is -0.381 e. The number of anilines is 1. The van der Waals surface area contributed by atoms with Crippen molar-refractivity contribution in [2.24, 2.45) is 11.5 Å². The summed E-state index contributed by atoms with van der Waals surface area (Å²) in [5, 5.41) is 3.10. The first-order valence-electron chi connectivity index (χ1n) is 5.94. The number of aromatic nitrogens is 1. The molecule has 0 aliphatic rings. The average Bonchev–Trinajstić information content (AvgIpc) is 2.45. The lowest BCUT2D eigenvalue weighted by Crippen LogP contribution is -2.16. The van der Waals surface area contributed by atoms with Gasteiger partial charge in [0.25, 0.3) is 0 Å². The van der Waals surface area contributed by atoms with Crippen LogP contribution in [0, 0.1) is 0 Å². The molecule has 2 amide bonds. The van der Waals surface area contributed by atoms with Crippen LogP contribution in [-0.2, 0) is 6.54 Å². The van der Waals surface area contributed by atoms with Gasteiger partial charge in [-0.15, -0.1) is 0 Å². The van der Waals surface area contributed by atoms with Crippen LogP contribution in [0.25, 0.3) is 0 Å². The molecule has 2 aromatic rings. The van der Waals surface area contributed by atoms with E-state index in [2.05, 4.69) is 10.3 Å². The molecule has 1 aromatic heterocycles. The molecule has 0 radical (unpaired) electrons. The Balaban J connectivity index is 2.22. The zero-order valence-corrected chi connectivity index (χ0v) is 10.7. The molecule has 0 bridgehead atoms. The number of primary amides is 2. The van der Waals surface area contributed by atoms with Gasteiger partial charge in [-0.1, -0.05) is 6.07 Å². The molecule has 5 N–H and O–H groups in total. The number of pyridine rings is 1. The molecule has 102 valence electrons. The van der Waals surface area contributed by atoms with Crippen LogP contribution in [0.5, 0.6) is 0 Å². The Bertz CT molecular complexity index is 609. The van der Waals surface area contributed by atoms with E-state index >= 15 is 0 Å². The molecule has 6 heteroatoms. The van der Waals surface area contributed by atoms with E-state index in [1.165, 1.54) is 6.07 Å². The van der Waals surface area contributed by atoms with E-state index in [9.17, 15) is 9.59 Å². The van der Waals surface area contributed by atoms with Crippen LogP contribution in [0.2, 0.25) is 0 Å². The minimum absolute atomic E-state index is 0.231. The molecule has 0 aliphatic heterocycles. The number of carbonyl (C=O) groups is 2. The fourth-order valence-corrected chi connectivity index (χ4v) is 1.72. The third kappa shape index (κ3) is 3.32. The van der Waals surface area contributed by atoms with E-state index in [0.717, 1.165) is 5.56 Å². The summed E-state index contributed by atoms with van der Waals surface area (Å²) >= 11 is 0. The van der Waals surface area contributed by atoms with Crippen LogP contribution in [-0.4, -0.2) is 16.8 Å². The van der Waals surface area contributed by atoms with Gasteiger partial charge in [0.2, 0.25) is 11.8 Å². The van der Waals surface area contributed by atoms with Gasteiger partial charge in [0.1, 0.15) is 0 Å². The highest BCUT2D eigenvalue weighted by atomic mass is 16.1. The predicted octanol–water partition coefficient (Wildman–Crippen LogP) is 0.891. The zero-order chi connectivity index (χ0) is 14.5. The molecule has 0 unspecified atom stereocenters. The monoisotopic (exact) mass is 270 g/mol. The second-order valence-corrected chi connectivity index (χ2v) is 4.24. The number of hydrogen-bond acceptors (Lipinski definition) is 4. The number of amides is 2. The van der Waals surface area contributed by atoms with E-state index in [4.69, 9.17) is 11.5 Å². The summed E-state index contributed by atoms with van der Waals surface area (Å²) in [5.41, 5.74) is 12.5. The highest BCUT2D eigenvalue weighted by Gasteiger charge is 2.09. The van der Waals surface area contributed by atoms with Crippen LogP contribution in [0.1, 0.15) is 26.3 Å². The SMILES string of the molecule is NC(=O)c1cc(NCc2cccnc2)cc(C(N)=O)c1. The third-order valence-corrected chi connectivity index (χ3v) is 2.72. The summed E-state index contributed by atoms with van der Waals surface area (Å²) in [6, 6.07) is 8.26. The summed E-state index contributed by atoms with van der Waals surface area (Å²) in [4.78, 5) is 26.5. The molecule has 20 heavy (non-hydrogen) atoms. The van der Waals surface area contributed by atoms with Crippen molar-refractivity contribution in [1.29, 1.82) is 0 Å². The van der Waals surface area contributed by atoms with Crippen molar-refractivity contribution in [2.45, 2.75) is 6.54 Å².